The molecule has 0 bridgehead atoms. The number of esters is 2. The third kappa shape index (κ3) is 14.0. The van der Waals surface area contributed by atoms with Crippen molar-refractivity contribution in [3.8, 4) is 0 Å². The molecular formula is C32H60O4. The summed E-state index contributed by atoms with van der Waals surface area (Å²) in [7, 11) is 0. The summed E-state index contributed by atoms with van der Waals surface area (Å²) in [6.07, 6.45) is 15.0. The molecule has 1 aliphatic carbocycles. The first-order valence-electron chi connectivity index (χ1n) is 15.2. The van der Waals surface area contributed by atoms with E-state index >= 15 is 0 Å². The van der Waals surface area contributed by atoms with Gasteiger partial charge in [0.2, 0.25) is 0 Å². The van der Waals surface area contributed by atoms with Gasteiger partial charge in [-0.05, 0) is 86.9 Å². The minimum absolute atomic E-state index is 0.0634. The highest BCUT2D eigenvalue weighted by Gasteiger charge is 2.32. The van der Waals surface area contributed by atoms with Gasteiger partial charge in [0.15, 0.2) is 0 Å². The Bertz CT molecular complexity index is 562. The Hall–Kier alpha value is -1.06. The van der Waals surface area contributed by atoms with Crippen LogP contribution in [0, 0.1) is 34.5 Å². The zero-order valence-electron chi connectivity index (χ0n) is 25.3. The molecular weight excluding hydrogens is 448 g/mol. The Morgan fingerprint density at radius 1 is 0.667 bits per heavy atom. The van der Waals surface area contributed by atoms with Gasteiger partial charge in [-0.25, -0.2) is 0 Å². The lowest BCUT2D eigenvalue weighted by atomic mass is 9.81. The van der Waals surface area contributed by atoms with Gasteiger partial charge >= 0.3 is 11.9 Å². The maximum absolute atomic E-state index is 12.6. The molecule has 1 fully saturated rings. The molecule has 0 aromatic carbocycles. The van der Waals surface area contributed by atoms with Gasteiger partial charge in [-0.3, -0.25) is 9.59 Å². The van der Waals surface area contributed by atoms with Gasteiger partial charge in [0.25, 0.3) is 0 Å². The lowest BCUT2D eigenvalue weighted by Crippen LogP contribution is -2.29. The quantitative estimate of drug-likeness (QED) is 0.173. The Morgan fingerprint density at radius 2 is 1.00 bits per heavy atom. The Morgan fingerprint density at radius 3 is 1.31 bits per heavy atom. The molecule has 0 heterocycles. The van der Waals surface area contributed by atoms with Crippen LogP contribution in [-0.2, 0) is 19.1 Å². The zero-order chi connectivity index (χ0) is 27.2. The number of hydrogen-bond donors (Lipinski definition) is 0. The van der Waals surface area contributed by atoms with E-state index in [4.69, 9.17) is 9.47 Å². The molecule has 0 aromatic rings. The van der Waals surface area contributed by atoms with Crippen LogP contribution in [0.1, 0.15) is 145 Å². The molecule has 36 heavy (non-hydrogen) atoms. The van der Waals surface area contributed by atoms with E-state index in [1.54, 1.807) is 0 Å². The molecule has 0 aromatic heterocycles. The van der Waals surface area contributed by atoms with Gasteiger partial charge in [-0.2, -0.15) is 0 Å². The highest BCUT2D eigenvalue weighted by Crippen LogP contribution is 2.33. The maximum atomic E-state index is 12.6. The molecule has 1 aliphatic rings. The summed E-state index contributed by atoms with van der Waals surface area (Å²) >= 11 is 0. The minimum Gasteiger partial charge on any atom is -0.465 e. The number of carbonyl (C=O) groups excluding carboxylic acids is 2. The van der Waals surface area contributed by atoms with Crippen molar-refractivity contribution < 1.29 is 19.1 Å². The predicted molar refractivity (Wildman–Crippen MR) is 151 cm³/mol. The fraction of sp³-hybridized carbons (Fsp3) is 0.938. The molecule has 2 atom stereocenters. The molecule has 212 valence electrons. The van der Waals surface area contributed by atoms with Crippen molar-refractivity contribution in [1.29, 1.82) is 0 Å². The van der Waals surface area contributed by atoms with E-state index < -0.39 is 0 Å². The van der Waals surface area contributed by atoms with Gasteiger partial charge in [-0.15, -0.1) is 0 Å². The van der Waals surface area contributed by atoms with Crippen LogP contribution in [0.5, 0.6) is 0 Å². The fourth-order valence-corrected chi connectivity index (χ4v) is 5.25. The third-order valence-corrected chi connectivity index (χ3v) is 8.46. The lowest BCUT2D eigenvalue weighted by molar-refractivity contribution is -0.156. The maximum Gasteiger partial charge on any atom is 0.308 e. The number of hydrogen-bond acceptors (Lipinski definition) is 4. The van der Waals surface area contributed by atoms with E-state index in [2.05, 4.69) is 55.4 Å². The van der Waals surface area contributed by atoms with Crippen molar-refractivity contribution in [1.82, 2.24) is 0 Å². The lowest BCUT2D eigenvalue weighted by Gasteiger charge is -2.28. The van der Waals surface area contributed by atoms with Crippen LogP contribution in [0.15, 0.2) is 0 Å². The van der Waals surface area contributed by atoms with Crippen molar-refractivity contribution in [2.45, 2.75) is 145 Å². The molecule has 0 amide bonds. The van der Waals surface area contributed by atoms with Crippen LogP contribution in [0.25, 0.3) is 0 Å². The predicted octanol–water partition coefficient (Wildman–Crippen LogP) is 9.14. The summed E-state index contributed by atoms with van der Waals surface area (Å²) in [5.41, 5.74) is 0.731. The second-order valence-corrected chi connectivity index (χ2v) is 13.6. The molecule has 4 heteroatoms. The van der Waals surface area contributed by atoms with Crippen molar-refractivity contribution in [3.63, 3.8) is 0 Å². The Balaban J connectivity index is 2.25. The topological polar surface area (TPSA) is 52.6 Å². The molecule has 0 aliphatic heterocycles. The summed E-state index contributed by atoms with van der Waals surface area (Å²) < 4.78 is 11.4. The average Bonchev–Trinajstić information content (AvgIpc) is 2.85. The second-order valence-electron chi connectivity index (χ2n) is 13.6. The molecule has 0 saturated heterocycles. The zero-order valence-corrected chi connectivity index (χ0v) is 25.3. The van der Waals surface area contributed by atoms with Crippen molar-refractivity contribution >= 4 is 11.9 Å². The van der Waals surface area contributed by atoms with Gasteiger partial charge in [0.1, 0.15) is 0 Å². The van der Waals surface area contributed by atoms with E-state index in [1.807, 2.05) is 0 Å². The van der Waals surface area contributed by atoms with Crippen molar-refractivity contribution in [2.75, 3.05) is 13.2 Å². The first-order valence-corrected chi connectivity index (χ1v) is 15.2. The molecule has 0 radical (unpaired) electrons. The smallest absolute Gasteiger partial charge is 0.308 e. The van der Waals surface area contributed by atoms with E-state index in [0.717, 1.165) is 38.5 Å². The van der Waals surface area contributed by atoms with Gasteiger partial charge in [-0.1, -0.05) is 81.1 Å². The summed E-state index contributed by atoms with van der Waals surface area (Å²) in [6.45, 7) is 19.3. The van der Waals surface area contributed by atoms with Gasteiger partial charge in [0, 0.05) is 0 Å². The largest absolute Gasteiger partial charge is 0.465 e. The van der Waals surface area contributed by atoms with Crippen LogP contribution in [0.2, 0.25) is 0 Å². The van der Waals surface area contributed by atoms with Crippen LogP contribution in [-0.4, -0.2) is 25.2 Å². The Kier molecular flexibility index (Phi) is 15.3. The van der Waals surface area contributed by atoms with Crippen LogP contribution < -0.4 is 0 Å². The second kappa shape index (κ2) is 16.7. The highest BCUT2D eigenvalue weighted by atomic mass is 16.5. The monoisotopic (exact) mass is 508 g/mol. The molecule has 1 saturated carbocycles. The van der Waals surface area contributed by atoms with Gasteiger partial charge < -0.3 is 9.47 Å². The van der Waals surface area contributed by atoms with Crippen molar-refractivity contribution in [2.24, 2.45) is 34.5 Å². The molecule has 0 N–H and O–H groups in total. The first-order chi connectivity index (χ1) is 16.9. The minimum atomic E-state index is -0.0711. The summed E-state index contributed by atoms with van der Waals surface area (Å²) in [5.74, 6) is 0.509. The first kappa shape index (κ1) is 33.0. The molecule has 2 unspecified atom stereocenters. The van der Waals surface area contributed by atoms with Crippen LogP contribution in [0.4, 0.5) is 0 Å². The summed E-state index contributed by atoms with van der Waals surface area (Å²) in [4.78, 5) is 25.2. The molecule has 4 nitrogen and oxygen atoms in total. The normalized spacial score (nSPS) is 20.6. The van der Waals surface area contributed by atoms with E-state index in [0.29, 0.717) is 35.9 Å². The highest BCUT2D eigenvalue weighted by molar-refractivity contribution is 5.75. The van der Waals surface area contributed by atoms with Crippen LogP contribution in [0.3, 0.4) is 0 Å². The van der Waals surface area contributed by atoms with E-state index in [1.165, 1.54) is 51.4 Å². The van der Waals surface area contributed by atoms with Crippen molar-refractivity contribution in [3.05, 3.63) is 0 Å². The number of ether oxygens (including phenoxy) is 2. The fourth-order valence-electron chi connectivity index (χ4n) is 5.25. The number of rotatable bonds is 18. The number of carbonyl (C=O) groups is 2. The summed E-state index contributed by atoms with van der Waals surface area (Å²) in [5, 5.41) is 0. The van der Waals surface area contributed by atoms with Gasteiger partial charge in [0.05, 0.1) is 25.0 Å². The SMILES string of the molecule is CCCCC(C)(C)CCC(C)COC(=O)C1CCC(C(=O)OCC(C)CCC(C)(C)CCCC)CC1. The molecule has 0 spiro atoms. The third-order valence-electron chi connectivity index (χ3n) is 8.46. The molecule has 1 rings (SSSR count). The van der Waals surface area contributed by atoms with E-state index in [-0.39, 0.29) is 23.8 Å². The summed E-state index contributed by atoms with van der Waals surface area (Å²) in [6, 6.07) is 0. The number of unbranched alkanes of at least 4 members (excludes halogenated alkanes) is 2. The van der Waals surface area contributed by atoms with Crippen LogP contribution >= 0.6 is 0 Å². The average molecular weight is 509 g/mol. The van der Waals surface area contributed by atoms with E-state index in [9.17, 15) is 9.59 Å². The Labute approximate surface area is 224 Å². The standard InChI is InChI=1S/C32H60O4/c1-9-11-19-31(5,6)21-17-25(3)23-35-29(33)27-13-15-28(16-14-27)30(34)36-24-26(4)18-22-32(7,8)20-12-10-2/h25-28H,9-24H2,1-8H3.